The van der Waals surface area contributed by atoms with Gasteiger partial charge in [0.15, 0.2) is 0 Å². The molecular formula is C14H23BrN2O2. The van der Waals surface area contributed by atoms with Crippen molar-refractivity contribution in [1.29, 1.82) is 0 Å². The number of likely N-dealkylation sites (N-methyl/N-ethyl adjacent to an activating group) is 1. The Hall–Kier alpha value is -0.620. The number of nitrogens with zero attached hydrogens (tertiary/aromatic N) is 1. The maximum Gasteiger partial charge on any atom is 0.133 e. The molecular weight excluding hydrogens is 308 g/mol. The average Bonchev–Trinajstić information content (AvgIpc) is 2.35. The van der Waals surface area contributed by atoms with Gasteiger partial charge in [0.05, 0.1) is 17.7 Å². The molecule has 0 aliphatic heterocycles. The number of hydrogen-bond acceptors (Lipinski definition) is 4. The summed E-state index contributed by atoms with van der Waals surface area (Å²) < 4.78 is 6.15. The van der Waals surface area contributed by atoms with Gasteiger partial charge in [-0.05, 0) is 54.6 Å². The lowest BCUT2D eigenvalue weighted by Gasteiger charge is -2.20. The van der Waals surface area contributed by atoms with Crippen LogP contribution in [0, 0.1) is 0 Å². The van der Waals surface area contributed by atoms with Gasteiger partial charge in [0.25, 0.3) is 0 Å². The Morgan fingerprint density at radius 2 is 2.11 bits per heavy atom. The van der Waals surface area contributed by atoms with Crippen molar-refractivity contribution >= 4 is 15.9 Å². The molecule has 19 heavy (non-hydrogen) atoms. The van der Waals surface area contributed by atoms with E-state index in [1.54, 1.807) is 7.11 Å². The molecule has 2 N–H and O–H groups in total. The zero-order valence-corrected chi connectivity index (χ0v) is 13.6. The number of rotatable bonds is 7. The number of benzene rings is 1. The fourth-order valence-electron chi connectivity index (χ4n) is 1.87. The third kappa shape index (κ3) is 5.48. The molecule has 0 aromatic heterocycles. The molecule has 0 spiro atoms. The fraction of sp³-hybridized carbons (Fsp3) is 0.571. The van der Waals surface area contributed by atoms with Gasteiger partial charge in [0.1, 0.15) is 5.75 Å². The molecule has 0 fully saturated rings. The van der Waals surface area contributed by atoms with Crippen molar-refractivity contribution < 1.29 is 9.84 Å². The third-order valence-corrected chi connectivity index (χ3v) is 3.53. The largest absolute Gasteiger partial charge is 0.496 e. The molecule has 4 nitrogen and oxygen atoms in total. The molecule has 0 saturated heterocycles. The van der Waals surface area contributed by atoms with Crippen LogP contribution in [0.1, 0.15) is 18.5 Å². The van der Waals surface area contributed by atoms with Gasteiger partial charge in [-0.15, -0.1) is 0 Å². The van der Waals surface area contributed by atoms with Crippen LogP contribution in [0.4, 0.5) is 0 Å². The Bertz CT molecular complexity index is 399. The van der Waals surface area contributed by atoms with Crippen LogP contribution in [0.2, 0.25) is 0 Å². The van der Waals surface area contributed by atoms with Gasteiger partial charge in [0, 0.05) is 19.1 Å². The van der Waals surface area contributed by atoms with E-state index in [1.807, 2.05) is 37.2 Å². The monoisotopic (exact) mass is 330 g/mol. The summed E-state index contributed by atoms with van der Waals surface area (Å²) in [5.41, 5.74) is 1.16. The van der Waals surface area contributed by atoms with E-state index in [-0.39, 0.29) is 12.1 Å². The van der Waals surface area contributed by atoms with Crippen LogP contribution >= 0.6 is 15.9 Å². The SMILES string of the molecule is COc1ccc(C(C)NCC(O)CN(C)C)cc1Br. The number of hydrogen-bond donors (Lipinski definition) is 2. The molecule has 0 radical (unpaired) electrons. The summed E-state index contributed by atoms with van der Waals surface area (Å²) in [7, 11) is 5.56. The maximum absolute atomic E-state index is 9.82. The summed E-state index contributed by atoms with van der Waals surface area (Å²) in [6.45, 7) is 3.31. The molecule has 0 aliphatic rings. The van der Waals surface area contributed by atoms with Crippen LogP contribution in [0.5, 0.6) is 5.75 Å². The zero-order chi connectivity index (χ0) is 14.4. The number of aliphatic hydroxyl groups is 1. The smallest absolute Gasteiger partial charge is 0.133 e. The van der Waals surface area contributed by atoms with E-state index >= 15 is 0 Å². The van der Waals surface area contributed by atoms with Gasteiger partial charge in [0.2, 0.25) is 0 Å². The fourth-order valence-corrected chi connectivity index (χ4v) is 2.43. The van der Waals surface area contributed by atoms with Gasteiger partial charge in [-0.1, -0.05) is 6.07 Å². The van der Waals surface area contributed by atoms with Crippen LogP contribution in [0.15, 0.2) is 22.7 Å². The van der Waals surface area contributed by atoms with Crippen LogP contribution in [0.3, 0.4) is 0 Å². The van der Waals surface area contributed by atoms with E-state index < -0.39 is 0 Å². The van der Waals surface area contributed by atoms with Crippen molar-refractivity contribution in [2.45, 2.75) is 19.1 Å². The molecule has 1 rings (SSSR count). The Balaban J connectivity index is 2.53. The predicted octanol–water partition coefficient (Wildman–Crippen LogP) is 2.03. The molecule has 0 amide bonds. The first kappa shape index (κ1) is 16.4. The zero-order valence-electron chi connectivity index (χ0n) is 12.0. The summed E-state index contributed by atoms with van der Waals surface area (Å²) in [6, 6.07) is 6.18. The maximum atomic E-state index is 9.82. The second-order valence-electron chi connectivity index (χ2n) is 4.94. The number of ether oxygens (including phenoxy) is 1. The van der Waals surface area contributed by atoms with Gasteiger partial charge in [-0.25, -0.2) is 0 Å². The van der Waals surface area contributed by atoms with Gasteiger partial charge >= 0.3 is 0 Å². The average molecular weight is 331 g/mol. The Kier molecular flexibility index (Phi) is 6.79. The van der Waals surface area contributed by atoms with E-state index in [2.05, 4.69) is 28.2 Å². The minimum Gasteiger partial charge on any atom is -0.496 e. The molecule has 2 atom stereocenters. The van der Waals surface area contributed by atoms with Crippen molar-refractivity contribution in [2.75, 3.05) is 34.3 Å². The normalized spacial score (nSPS) is 14.5. The van der Waals surface area contributed by atoms with E-state index in [0.717, 1.165) is 15.8 Å². The Morgan fingerprint density at radius 1 is 1.42 bits per heavy atom. The molecule has 1 aromatic rings. The third-order valence-electron chi connectivity index (χ3n) is 2.91. The van der Waals surface area contributed by atoms with Gasteiger partial charge in [-0.2, -0.15) is 0 Å². The Morgan fingerprint density at radius 3 is 2.63 bits per heavy atom. The first-order chi connectivity index (χ1) is 8.93. The summed E-state index contributed by atoms with van der Waals surface area (Å²) in [6.07, 6.45) is -0.362. The molecule has 0 heterocycles. The molecule has 0 saturated carbocycles. The Labute approximate surface area is 123 Å². The lowest BCUT2D eigenvalue weighted by atomic mass is 10.1. The first-order valence-electron chi connectivity index (χ1n) is 6.33. The molecule has 2 unspecified atom stereocenters. The minimum atomic E-state index is -0.362. The number of methoxy groups -OCH3 is 1. The highest BCUT2D eigenvalue weighted by atomic mass is 79.9. The minimum absolute atomic E-state index is 0.180. The van der Waals surface area contributed by atoms with Crippen molar-refractivity contribution in [1.82, 2.24) is 10.2 Å². The molecule has 0 bridgehead atoms. The quantitative estimate of drug-likeness (QED) is 0.803. The highest BCUT2D eigenvalue weighted by molar-refractivity contribution is 9.10. The highest BCUT2D eigenvalue weighted by Crippen LogP contribution is 2.27. The lowest BCUT2D eigenvalue weighted by molar-refractivity contribution is 0.132. The second kappa shape index (κ2) is 7.85. The predicted molar refractivity (Wildman–Crippen MR) is 81.7 cm³/mol. The molecule has 1 aromatic carbocycles. The molecule has 0 aliphatic carbocycles. The van der Waals surface area contributed by atoms with E-state index in [0.29, 0.717) is 13.1 Å². The number of halogens is 1. The van der Waals surface area contributed by atoms with E-state index in [4.69, 9.17) is 4.74 Å². The number of nitrogens with one attached hydrogen (secondary N) is 1. The highest BCUT2D eigenvalue weighted by Gasteiger charge is 2.11. The summed E-state index contributed by atoms with van der Waals surface area (Å²) in [4.78, 5) is 1.97. The van der Waals surface area contributed by atoms with Crippen molar-refractivity contribution in [3.05, 3.63) is 28.2 Å². The van der Waals surface area contributed by atoms with E-state index in [9.17, 15) is 5.11 Å². The van der Waals surface area contributed by atoms with Gasteiger partial charge < -0.3 is 20.1 Å². The standard InChI is InChI=1S/C14H23BrN2O2/c1-10(16-8-12(18)9-17(2)3)11-5-6-14(19-4)13(15)7-11/h5-7,10,12,16,18H,8-9H2,1-4H3. The van der Waals surface area contributed by atoms with Gasteiger partial charge in [-0.3, -0.25) is 0 Å². The lowest BCUT2D eigenvalue weighted by Crippen LogP contribution is -2.36. The molecule has 5 heteroatoms. The summed E-state index contributed by atoms with van der Waals surface area (Å²) in [5.74, 6) is 0.823. The van der Waals surface area contributed by atoms with Crippen LogP contribution in [-0.2, 0) is 0 Å². The van der Waals surface area contributed by atoms with E-state index in [1.165, 1.54) is 0 Å². The summed E-state index contributed by atoms with van der Waals surface area (Å²) >= 11 is 3.48. The second-order valence-corrected chi connectivity index (χ2v) is 5.79. The topological polar surface area (TPSA) is 44.7 Å². The number of aliphatic hydroxyl groups excluding tert-OH is 1. The first-order valence-corrected chi connectivity index (χ1v) is 7.13. The van der Waals surface area contributed by atoms with Crippen LogP contribution < -0.4 is 10.1 Å². The van der Waals surface area contributed by atoms with Crippen LogP contribution in [0.25, 0.3) is 0 Å². The van der Waals surface area contributed by atoms with Crippen LogP contribution in [-0.4, -0.2) is 50.4 Å². The van der Waals surface area contributed by atoms with Crippen molar-refractivity contribution in [2.24, 2.45) is 0 Å². The van der Waals surface area contributed by atoms with Crippen molar-refractivity contribution in [3.63, 3.8) is 0 Å². The van der Waals surface area contributed by atoms with Crippen molar-refractivity contribution in [3.8, 4) is 5.75 Å². The summed E-state index contributed by atoms with van der Waals surface area (Å²) in [5, 5.41) is 13.1. The molecule has 108 valence electrons.